The van der Waals surface area contributed by atoms with Gasteiger partial charge in [-0.1, -0.05) is 91.0 Å². The summed E-state index contributed by atoms with van der Waals surface area (Å²) >= 11 is 0. The smallest absolute Gasteiger partial charge is 0.408 e. The number of nitrogens with one attached hydrogen (secondary N) is 1. The fourth-order valence-corrected chi connectivity index (χ4v) is 4.79. The van der Waals surface area contributed by atoms with E-state index in [2.05, 4.69) is 17.4 Å². The topological polar surface area (TPSA) is 75.6 Å². The normalized spacial score (nSPS) is 14.1. The summed E-state index contributed by atoms with van der Waals surface area (Å²) in [5, 5.41) is 14.6. The number of fused-ring (bicyclic) bond motifs is 4. The van der Waals surface area contributed by atoms with Crippen LogP contribution < -0.4 is 5.32 Å². The van der Waals surface area contributed by atoms with E-state index < -0.39 is 17.6 Å². The van der Waals surface area contributed by atoms with Crippen LogP contribution in [-0.2, 0) is 16.0 Å². The molecule has 4 aromatic carbocycles. The lowest BCUT2D eigenvalue weighted by atomic mass is 9.92. The SMILES string of the molecule is C[C@](Cc1ccc2ccccc2c1)(NC(=O)OCC1c2ccccc2-c2ccccc21)C(=O)O. The predicted octanol–water partition coefficient (Wildman–Crippen LogP) is 5.76. The van der Waals surface area contributed by atoms with Crippen molar-refractivity contribution in [3.8, 4) is 11.1 Å². The van der Waals surface area contributed by atoms with Crippen LogP contribution in [-0.4, -0.2) is 29.3 Å². The van der Waals surface area contributed by atoms with Gasteiger partial charge in [0.1, 0.15) is 12.1 Å². The quantitative estimate of drug-likeness (QED) is 0.391. The minimum Gasteiger partial charge on any atom is -0.480 e. The number of rotatable bonds is 6. The van der Waals surface area contributed by atoms with Crippen LogP contribution in [0.5, 0.6) is 0 Å². The molecule has 0 aromatic heterocycles. The van der Waals surface area contributed by atoms with Gasteiger partial charge in [-0.25, -0.2) is 9.59 Å². The Balaban J connectivity index is 1.31. The molecule has 1 atom stereocenters. The molecule has 170 valence electrons. The molecule has 5 nitrogen and oxygen atoms in total. The van der Waals surface area contributed by atoms with Crippen LogP contribution >= 0.6 is 0 Å². The van der Waals surface area contributed by atoms with E-state index in [1.165, 1.54) is 6.92 Å². The Morgan fingerprint density at radius 3 is 2.09 bits per heavy atom. The van der Waals surface area contributed by atoms with Crippen molar-refractivity contribution in [2.24, 2.45) is 0 Å². The van der Waals surface area contributed by atoms with E-state index in [4.69, 9.17) is 4.74 Å². The second kappa shape index (κ2) is 8.67. The van der Waals surface area contributed by atoms with Crippen LogP contribution in [0.4, 0.5) is 4.79 Å². The number of benzene rings is 4. The fourth-order valence-electron chi connectivity index (χ4n) is 4.79. The number of carboxylic acid groups (broad SMARTS) is 1. The first-order chi connectivity index (χ1) is 16.4. The van der Waals surface area contributed by atoms with Crippen LogP contribution in [0.2, 0.25) is 0 Å². The monoisotopic (exact) mass is 451 g/mol. The van der Waals surface area contributed by atoms with Crippen molar-refractivity contribution < 1.29 is 19.4 Å². The second-order valence-corrected chi connectivity index (χ2v) is 8.95. The Bertz CT molecular complexity index is 1350. The van der Waals surface area contributed by atoms with Gasteiger partial charge in [0, 0.05) is 12.3 Å². The molecule has 0 aliphatic heterocycles. The molecule has 4 aromatic rings. The molecule has 0 saturated heterocycles. The van der Waals surface area contributed by atoms with E-state index in [1.54, 1.807) is 0 Å². The lowest BCUT2D eigenvalue weighted by Gasteiger charge is -2.26. The number of hydrogen-bond donors (Lipinski definition) is 2. The summed E-state index contributed by atoms with van der Waals surface area (Å²) in [7, 11) is 0. The van der Waals surface area contributed by atoms with Crippen LogP contribution in [0.1, 0.15) is 29.5 Å². The summed E-state index contributed by atoms with van der Waals surface area (Å²) in [6, 6.07) is 29.9. The van der Waals surface area contributed by atoms with E-state index in [0.717, 1.165) is 38.6 Å². The lowest BCUT2D eigenvalue weighted by Crippen LogP contribution is -2.54. The van der Waals surface area contributed by atoms with Gasteiger partial charge in [0.15, 0.2) is 0 Å². The number of carbonyl (C=O) groups excluding carboxylic acids is 1. The maximum absolute atomic E-state index is 12.7. The molecule has 0 bridgehead atoms. The van der Waals surface area contributed by atoms with Gasteiger partial charge in [-0.2, -0.15) is 0 Å². The zero-order chi connectivity index (χ0) is 23.7. The van der Waals surface area contributed by atoms with Crippen molar-refractivity contribution in [1.29, 1.82) is 0 Å². The predicted molar refractivity (Wildman–Crippen MR) is 132 cm³/mol. The van der Waals surface area contributed by atoms with Crippen molar-refractivity contribution in [1.82, 2.24) is 5.32 Å². The number of amides is 1. The van der Waals surface area contributed by atoms with E-state index in [9.17, 15) is 14.7 Å². The number of aliphatic carboxylic acids is 1. The molecule has 0 saturated carbocycles. The third kappa shape index (κ3) is 4.01. The van der Waals surface area contributed by atoms with Gasteiger partial charge < -0.3 is 15.2 Å². The van der Waals surface area contributed by atoms with E-state index in [0.29, 0.717) is 0 Å². The summed E-state index contributed by atoms with van der Waals surface area (Å²) in [4.78, 5) is 24.9. The van der Waals surface area contributed by atoms with Gasteiger partial charge >= 0.3 is 12.1 Å². The molecule has 5 heteroatoms. The fraction of sp³-hybridized carbons (Fsp3) is 0.172. The van der Waals surface area contributed by atoms with Crippen LogP contribution in [0, 0.1) is 0 Å². The maximum atomic E-state index is 12.7. The summed E-state index contributed by atoms with van der Waals surface area (Å²) < 4.78 is 5.58. The first-order valence-electron chi connectivity index (χ1n) is 11.3. The number of hydrogen-bond acceptors (Lipinski definition) is 3. The zero-order valence-electron chi connectivity index (χ0n) is 18.8. The number of alkyl carbamates (subject to hydrolysis) is 1. The molecule has 0 radical (unpaired) electrons. The Labute approximate surface area is 198 Å². The number of carbonyl (C=O) groups is 2. The Morgan fingerprint density at radius 1 is 0.853 bits per heavy atom. The van der Waals surface area contributed by atoms with Crippen molar-refractivity contribution in [2.45, 2.75) is 24.8 Å². The summed E-state index contributed by atoms with van der Waals surface area (Å²) in [6.07, 6.45) is -0.607. The van der Waals surface area contributed by atoms with Crippen LogP contribution in [0.25, 0.3) is 21.9 Å². The summed E-state index contributed by atoms with van der Waals surface area (Å²) in [5.74, 6) is -1.20. The van der Waals surface area contributed by atoms with Crippen molar-refractivity contribution in [3.05, 3.63) is 108 Å². The highest BCUT2D eigenvalue weighted by atomic mass is 16.5. The molecular formula is C29H25NO4. The second-order valence-electron chi connectivity index (χ2n) is 8.95. The standard InChI is InChI=1S/C29H25NO4/c1-29(27(31)32,17-19-14-15-20-8-2-3-9-21(20)16-19)30-28(33)34-18-26-24-12-6-4-10-22(24)23-11-5-7-13-25(23)26/h2-16,26H,17-18H2,1H3,(H,30,33)(H,31,32)/t29-/m1/s1. The van der Waals surface area contributed by atoms with Gasteiger partial charge in [-0.05, 0) is 45.5 Å². The van der Waals surface area contributed by atoms with Gasteiger partial charge in [0.2, 0.25) is 0 Å². The highest BCUT2D eigenvalue weighted by Crippen LogP contribution is 2.44. The third-order valence-corrected chi connectivity index (χ3v) is 6.57. The zero-order valence-corrected chi connectivity index (χ0v) is 18.8. The molecule has 0 spiro atoms. The molecule has 1 amide bonds. The van der Waals surface area contributed by atoms with Gasteiger partial charge in [0.05, 0.1) is 0 Å². The van der Waals surface area contributed by atoms with Crippen molar-refractivity contribution >= 4 is 22.8 Å². The van der Waals surface area contributed by atoms with Gasteiger partial charge in [0.25, 0.3) is 0 Å². The minimum atomic E-state index is -1.51. The highest BCUT2D eigenvalue weighted by Gasteiger charge is 2.36. The molecule has 0 fully saturated rings. The van der Waals surface area contributed by atoms with Crippen LogP contribution in [0.15, 0.2) is 91.0 Å². The summed E-state index contributed by atoms with van der Waals surface area (Å²) in [6.45, 7) is 1.64. The minimum absolute atomic E-state index is 0.0882. The molecule has 0 unspecified atom stereocenters. The number of ether oxygens (including phenoxy) is 1. The van der Waals surface area contributed by atoms with Crippen molar-refractivity contribution in [2.75, 3.05) is 6.61 Å². The van der Waals surface area contributed by atoms with Crippen LogP contribution in [0.3, 0.4) is 0 Å². The average Bonchev–Trinajstić information content (AvgIpc) is 3.16. The largest absolute Gasteiger partial charge is 0.480 e. The molecule has 34 heavy (non-hydrogen) atoms. The van der Waals surface area contributed by atoms with E-state index in [-0.39, 0.29) is 18.9 Å². The van der Waals surface area contributed by atoms with Gasteiger partial charge in [-0.15, -0.1) is 0 Å². The maximum Gasteiger partial charge on any atom is 0.408 e. The van der Waals surface area contributed by atoms with Crippen molar-refractivity contribution in [3.63, 3.8) is 0 Å². The Kier molecular flexibility index (Phi) is 5.54. The van der Waals surface area contributed by atoms with E-state index in [1.807, 2.05) is 78.9 Å². The number of carboxylic acids is 1. The average molecular weight is 452 g/mol. The first kappa shape index (κ1) is 21.7. The molecule has 2 N–H and O–H groups in total. The first-order valence-corrected chi connectivity index (χ1v) is 11.3. The molecule has 1 aliphatic carbocycles. The third-order valence-electron chi connectivity index (χ3n) is 6.57. The van der Waals surface area contributed by atoms with Gasteiger partial charge in [-0.3, -0.25) is 0 Å². The Morgan fingerprint density at radius 2 is 1.44 bits per heavy atom. The molecule has 1 aliphatic rings. The summed E-state index contributed by atoms with van der Waals surface area (Å²) in [5.41, 5.74) is 3.80. The molecule has 0 heterocycles. The van der Waals surface area contributed by atoms with E-state index >= 15 is 0 Å². The molecule has 5 rings (SSSR count). The Hall–Kier alpha value is -4.12. The lowest BCUT2D eigenvalue weighted by molar-refractivity contribution is -0.143. The molecular weight excluding hydrogens is 426 g/mol. The highest BCUT2D eigenvalue weighted by molar-refractivity contribution is 5.86.